The number of nitrogens with one attached hydrogen (secondary N) is 1. The maximum atomic E-state index is 12.4. The fraction of sp³-hybridized carbons (Fsp3) is 0.227. The Bertz CT molecular complexity index is 1010. The molecule has 1 aromatic carbocycles. The van der Waals surface area contributed by atoms with E-state index in [1.807, 2.05) is 18.2 Å². The van der Waals surface area contributed by atoms with Crippen molar-refractivity contribution in [1.29, 1.82) is 0 Å². The molecule has 0 spiro atoms. The maximum absolute atomic E-state index is 12.4. The second-order valence-corrected chi connectivity index (χ2v) is 7.02. The summed E-state index contributed by atoms with van der Waals surface area (Å²) in [6, 6.07) is 12.4. The molecule has 2 aromatic heterocycles. The molecule has 8 heteroatoms. The summed E-state index contributed by atoms with van der Waals surface area (Å²) in [5, 5.41) is 2.78. The van der Waals surface area contributed by atoms with Gasteiger partial charge >= 0.3 is 0 Å². The van der Waals surface area contributed by atoms with E-state index in [1.54, 1.807) is 42.9 Å². The number of pyridine rings is 1. The van der Waals surface area contributed by atoms with E-state index in [1.165, 1.54) is 6.92 Å². The summed E-state index contributed by atoms with van der Waals surface area (Å²) < 4.78 is 0. The number of Topliss-reactive ketones (excluding diaryl/α,β-unsaturated/α-hetero) is 1. The van der Waals surface area contributed by atoms with E-state index in [4.69, 9.17) is 0 Å². The Morgan fingerprint density at radius 1 is 0.833 bits per heavy atom. The zero-order valence-electron chi connectivity index (χ0n) is 16.7. The van der Waals surface area contributed by atoms with Crippen LogP contribution in [0.1, 0.15) is 27.6 Å². The van der Waals surface area contributed by atoms with Gasteiger partial charge in [-0.15, -0.1) is 0 Å². The minimum atomic E-state index is -0.273. The van der Waals surface area contributed by atoms with E-state index in [-0.39, 0.29) is 11.7 Å². The van der Waals surface area contributed by atoms with Gasteiger partial charge in [0.25, 0.3) is 5.91 Å². The highest BCUT2D eigenvalue weighted by Crippen LogP contribution is 2.17. The number of anilines is 3. The number of benzene rings is 1. The minimum Gasteiger partial charge on any atom is -0.353 e. The van der Waals surface area contributed by atoms with Crippen LogP contribution in [-0.2, 0) is 0 Å². The predicted molar refractivity (Wildman–Crippen MR) is 115 cm³/mol. The molecule has 0 aliphatic carbocycles. The molecule has 0 unspecified atom stereocenters. The number of rotatable bonds is 5. The molecular formula is C22H22N6O2. The predicted octanol–water partition coefficient (Wildman–Crippen LogP) is 2.65. The van der Waals surface area contributed by atoms with Crippen LogP contribution in [0.4, 0.5) is 17.5 Å². The lowest BCUT2D eigenvalue weighted by Crippen LogP contribution is -2.47. The van der Waals surface area contributed by atoms with Crippen molar-refractivity contribution in [3.05, 3.63) is 72.2 Å². The molecule has 1 N–H and O–H groups in total. The van der Waals surface area contributed by atoms with Crippen LogP contribution in [0.5, 0.6) is 0 Å². The van der Waals surface area contributed by atoms with Crippen LogP contribution in [-0.4, -0.2) is 52.8 Å². The van der Waals surface area contributed by atoms with Crippen molar-refractivity contribution in [3.8, 4) is 0 Å². The summed E-state index contributed by atoms with van der Waals surface area (Å²) in [7, 11) is 0. The van der Waals surface area contributed by atoms with Gasteiger partial charge in [-0.25, -0.2) is 15.0 Å². The third kappa shape index (κ3) is 4.43. The lowest BCUT2D eigenvalue weighted by atomic mass is 10.1. The third-order valence-electron chi connectivity index (χ3n) is 4.99. The van der Waals surface area contributed by atoms with Crippen molar-refractivity contribution in [1.82, 2.24) is 15.0 Å². The van der Waals surface area contributed by atoms with E-state index in [0.717, 1.165) is 32.0 Å². The lowest BCUT2D eigenvalue weighted by Gasteiger charge is -2.35. The molecule has 152 valence electrons. The van der Waals surface area contributed by atoms with Crippen molar-refractivity contribution in [2.75, 3.05) is 41.3 Å². The number of hydrogen-bond acceptors (Lipinski definition) is 7. The third-order valence-corrected chi connectivity index (χ3v) is 4.99. The van der Waals surface area contributed by atoms with Crippen molar-refractivity contribution < 1.29 is 9.59 Å². The molecule has 0 saturated carbocycles. The highest BCUT2D eigenvalue weighted by Gasteiger charge is 2.19. The molecule has 3 aromatic rings. The number of piperazine rings is 1. The largest absolute Gasteiger partial charge is 0.353 e. The number of aromatic nitrogens is 3. The summed E-state index contributed by atoms with van der Waals surface area (Å²) in [6.45, 7) is 4.77. The normalized spacial score (nSPS) is 13.8. The lowest BCUT2D eigenvalue weighted by molar-refractivity contribution is 0.100. The Balaban J connectivity index is 1.34. The average Bonchev–Trinajstić information content (AvgIpc) is 2.80. The van der Waals surface area contributed by atoms with Crippen molar-refractivity contribution in [3.63, 3.8) is 0 Å². The minimum absolute atomic E-state index is 0.0354. The van der Waals surface area contributed by atoms with Crippen LogP contribution in [0.2, 0.25) is 0 Å². The number of amides is 1. The molecule has 1 aliphatic heterocycles. The Labute approximate surface area is 174 Å². The zero-order chi connectivity index (χ0) is 20.9. The van der Waals surface area contributed by atoms with Crippen LogP contribution in [0, 0.1) is 0 Å². The van der Waals surface area contributed by atoms with E-state index >= 15 is 0 Å². The van der Waals surface area contributed by atoms with E-state index in [9.17, 15) is 9.59 Å². The van der Waals surface area contributed by atoms with Crippen molar-refractivity contribution >= 4 is 29.1 Å². The van der Waals surface area contributed by atoms with Crippen LogP contribution in [0.25, 0.3) is 0 Å². The molecular weight excluding hydrogens is 380 g/mol. The Hall–Kier alpha value is -3.81. The Morgan fingerprint density at radius 3 is 2.07 bits per heavy atom. The highest BCUT2D eigenvalue weighted by atomic mass is 16.1. The molecule has 8 nitrogen and oxygen atoms in total. The van der Waals surface area contributed by atoms with Crippen LogP contribution < -0.4 is 15.1 Å². The van der Waals surface area contributed by atoms with Gasteiger partial charge in [-0.2, -0.15) is 0 Å². The maximum Gasteiger partial charge on any atom is 0.255 e. The average molecular weight is 402 g/mol. The van der Waals surface area contributed by atoms with Gasteiger partial charge in [-0.1, -0.05) is 18.2 Å². The number of carbonyl (C=O) groups excluding carboxylic acids is 2. The molecule has 0 bridgehead atoms. The SMILES string of the molecule is CC(=O)c1ccc(C(=O)Nc2cnc(N3CCN(c4ccccn4)CC3)nc2)cc1. The highest BCUT2D eigenvalue weighted by molar-refractivity contribution is 6.04. The second-order valence-electron chi connectivity index (χ2n) is 7.02. The monoisotopic (exact) mass is 402 g/mol. The first-order valence-electron chi connectivity index (χ1n) is 9.75. The van der Waals surface area contributed by atoms with Crippen molar-refractivity contribution in [2.45, 2.75) is 6.92 Å². The quantitative estimate of drug-likeness (QED) is 0.656. The van der Waals surface area contributed by atoms with Crippen LogP contribution >= 0.6 is 0 Å². The van der Waals surface area contributed by atoms with Gasteiger partial charge in [-0.05, 0) is 31.2 Å². The fourth-order valence-corrected chi connectivity index (χ4v) is 3.28. The van der Waals surface area contributed by atoms with Crippen LogP contribution in [0.15, 0.2) is 61.1 Å². The van der Waals surface area contributed by atoms with Gasteiger partial charge in [0.05, 0.1) is 18.1 Å². The van der Waals surface area contributed by atoms with E-state index < -0.39 is 0 Å². The van der Waals surface area contributed by atoms with Gasteiger partial charge in [0.2, 0.25) is 5.95 Å². The Kier molecular flexibility index (Phi) is 5.65. The number of hydrogen-bond donors (Lipinski definition) is 1. The number of nitrogens with zero attached hydrogens (tertiary/aromatic N) is 5. The van der Waals surface area contributed by atoms with Crippen molar-refractivity contribution in [2.24, 2.45) is 0 Å². The summed E-state index contributed by atoms with van der Waals surface area (Å²) in [5.74, 6) is 1.31. The van der Waals surface area contributed by atoms with Gasteiger partial charge in [-0.3, -0.25) is 9.59 Å². The molecule has 0 atom stereocenters. The molecule has 1 aliphatic rings. The summed E-state index contributed by atoms with van der Waals surface area (Å²) >= 11 is 0. The van der Waals surface area contributed by atoms with Gasteiger partial charge in [0.1, 0.15) is 5.82 Å². The topological polar surface area (TPSA) is 91.3 Å². The summed E-state index contributed by atoms with van der Waals surface area (Å²) in [6.07, 6.45) is 5.01. The zero-order valence-corrected chi connectivity index (χ0v) is 16.7. The molecule has 3 heterocycles. The summed E-state index contributed by atoms with van der Waals surface area (Å²) in [5.41, 5.74) is 1.56. The molecule has 30 heavy (non-hydrogen) atoms. The first-order chi connectivity index (χ1) is 14.6. The standard InChI is InChI=1S/C22H22N6O2/c1-16(29)17-5-7-18(8-6-17)21(30)26-19-14-24-22(25-15-19)28-12-10-27(11-13-28)20-4-2-3-9-23-20/h2-9,14-15H,10-13H2,1H3,(H,26,30). The fourth-order valence-electron chi connectivity index (χ4n) is 3.28. The van der Waals surface area contributed by atoms with Gasteiger partial charge in [0.15, 0.2) is 5.78 Å². The first-order valence-corrected chi connectivity index (χ1v) is 9.75. The second kappa shape index (κ2) is 8.69. The first kappa shape index (κ1) is 19.5. The van der Waals surface area contributed by atoms with Crippen LogP contribution in [0.3, 0.4) is 0 Å². The molecule has 1 saturated heterocycles. The Morgan fingerprint density at radius 2 is 1.47 bits per heavy atom. The van der Waals surface area contributed by atoms with E-state index in [2.05, 4.69) is 30.1 Å². The molecule has 1 amide bonds. The molecule has 4 rings (SSSR count). The van der Waals surface area contributed by atoms with E-state index in [0.29, 0.717) is 22.8 Å². The molecule has 1 fully saturated rings. The smallest absolute Gasteiger partial charge is 0.255 e. The number of ketones is 1. The molecule has 0 radical (unpaired) electrons. The summed E-state index contributed by atoms with van der Waals surface area (Å²) in [4.78, 5) is 41.3. The van der Waals surface area contributed by atoms with Gasteiger partial charge < -0.3 is 15.1 Å². The van der Waals surface area contributed by atoms with Gasteiger partial charge in [0, 0.05) is 43.5 Å². The number of carbonyl (C=O) groups is 2.